The first kappa shape index (κ1) is 48.2. The molecule has 7 N–H and O–H groups in total. The molecule has 4 heterocycles. The van der Waals surface area contributed by atoms with E-state index in [0.29, 0.717) is 24.3 Å². The molecule has 1 aromatic carbocycles. The Morgan fingerprint density at radius 3 is 2.21 bits per heavy atom. The number of H-pyrrole nitrogens is 1. The molecule has 2 amide bonds. The molecule has 3 aliphatic rings. The lowest BCUT2D eigenvalue weighted by Crippen LogP contribution is -2.87. The van der Waals surface area contributed by atoms with E-state index in [-0.39, 0.29) is 36.1 Å². The van der Waals surface area contributed by atoms with Gasteiger partial charge in [-0.3, -0.25) is 29.1 Å². The topological polar surface area (TPSA) is 269 Å². The maximum atomic E-state index is 13.3. The number of hydrogen-bond donors (Lipinski definition) is 7. The fourth-order valence-corrected chi connectivity index (χ4v) is 9.34. The van der Waals surface area contributed by atoms with Crippen LogP contribution in [0.15, 0.2) is 24.3 Å². The second-order valence-corrected chi connectivity index (χ2v) is 17.5. The maximum Gasteiger partial charge on any atom is 0.405 e. The Bertz CT molecular complexity index is 2080. The molecule has 340 valence electrons. The summed E-state index contributed by atoms with van der Waals surface area (Å²) >= 11 is 0. The molecule has 3 fully saturated rings. The van der Waals surface area contributed by atoms with Gasteiger partial charge in [0.25, 0.3) is 0 Å². The zero-order valence-electron chi connectivity index (χ0n) is 36.5. The van der Waals surface area contributed by atoms with Crippen LogP contribution in [0.25, 0.3) is 6.08 Å². The number of carbonyl (C=O) groups is 6. The van der Waals surface area contributed by atoms with Crippen LogP contribution in [0.4, 0.5) is 4.79 Å². The van der Waals surface area contributed by atoms with Gasteiger partial charge in [-0.05, 0) is 101 Å². The minimum Gasteiger partial charge on any atom is -0.465 e. The number of nitrogens with zero attached hydrogens (tertiary/aromatic N) is 3. The van der Waals surface area contributed by atoms with Crippen molar-refractivity contribution in [2.24, 2.45) is 5.41 Å². The van der Waals surface area contributed by atoms with Crippen LogP contribution in [0, 0.1) is 12.3 Å². The van der Waals surface area contributed by atoms with Crippen molar-refractivity contribution in [3.8, 4) is 5.88 Å². The quantitative estimate of drug-likeness (QED) is 0.127. The molecule has 1 spiro atoms. The zero-order chi connectivity index (χ0) is 45.9. The van der Waals surface area contributed by atoms with Crippen LogP contribution in [-0.4, -0.2) is 155 Å². The molecule has 2 aromatic rings. The summed E-state index contributed by atoms with van der Waals surface area (Å²) in [5.74, 6) is -5.69. The number of carbonyl (C=O) groups excluding carboxylic acids is 5. The molecule has 1 unspecified atom stereocenters. The highest BCUT2D eigenvalue weighted by Gasteiger charge is 2.80. The second kappa shape index (κ2) is 18.9. The summed E-state index contributed by atoms with van der Waals surface area (Å²) in [5, 5.41) is 64.7. The molecule has 0 radical (unpaired) electrons. The molecule has 1 aromatic heterocycles. The highest BCUT2D eigenvalue weighted by Crippen LogP contribution is 2.48. The molecule has 62 heavy (non-hydrogen) atoms. The van der Waals surface area contributed by atoms with Crippen LogP contribution in [0.1, 0.15) is 108 Å². The van der Waals surface area contributed by atoms with Crippen molar-refractivity contribution in [3.63, 3.8) is 0 Å². The predicted molar refractivity (Wildman–Crippen MR) is 223 cm³/mol. The Hall–Kier alpha value is -4.85. The predicted octanol–water partition coefficient (Wildman–Crippen LogP) is 1.82. The highest BCUT2D eigenvalue weighted by atomic mass is 16.7. The summed E-state index contributed by atoms with van der Waals surface area (Å²) in [7, 11) is 0. The first-order chi connectivity index (χ1) is 29.0. The number of aliphatic hydroxyl groups is 4. The third-order valence-corrected chi connectivity index (χ3v) is 13.0. The Labute approximate surface area is 360 Å². The number of rotatable bonds is 16. The number of ketones is 4. The number of Topliss-reactive ketones (excluding diaryl/α,β-unsaturated/α-hetero) is 4. The molecule has 0 bridgehead atoms. The van der Waals surface area contributed by atoms with Crippen molar-refractivity contribution in [1.82, 2.24) is 25.3 Å². The summed E-state index contributed by atoms with van der Waals surface area (Å²) < 4.78 is 11.8. The fraction of sp³-hybridized carbons (Fsp3) is 0.614. The Balaban J connectivity index is 1.30. The summed E-state index contributed by atoms with van der Waals surface area (Å²) in [6.07, 6.45) is 0.989. The van der Waals surface area contributed by atoms with E-state index in [1.54, 1.807) is 4.90 Å². The van der Waals surface area contributed by atoms with Gasteiger partial charge in [-0.15, -0.1) is 5.10 Å². The minimum atomic E-state index is -3.65. The number of aliphatic hydroxyl groups excluding tert-OH is 1. The fourth-order valence-electron chi connectivity index (χ4n) is 9.34. The molecular formula is C44H61N5O13. The van der Waals surface area contributed by atoms with Gasteiger partial charge in [-0.25, -0.2) is 4.79 Å². The van der Waals surface area contributed by atoms with Gasteiger partial charge in [0.1, 0.15) is 18.8 Å². The van der Waals surface area contributed by atoms with Crippen LogP contribution < -0.4 is 10.1 Å². The SMILES string of the molecule is CC(=O)C(O)[C@H]1O[C@@H](Oc2n[nH]c(C(C)C)c2Cc2ccc(/C=C/CCN3CCCC4(CCN(C(=O)CNC(=O)O)CC4)C3)cc2C)[C@@](O)(C(C)=O)[C@](O)(C(C)=O)[C@@]1(O)C(C)=O. The van der Waals surface area contributed by atoms with Crippen molar-refractivity contribution < 1.29 is 63.8 Å². The van der Waals surface area contributed by atoms with E-state index in [4.69, 9.17) is 14.6 Å². The number of aromatic amines is 1. The number of aryl methyl sites for hydroxylation is 1. The van der Waals surface area contributed by atoms with Crippen molar-refractivity contribution in [1.29, 1.82) is 0 Å². The summed E-state index contributed by atoms with van der Waals surface area (Å²) in [6, 6.07) is 5.94. The molecule has 6 atom stereocenters. The number of likely N-dealkylation sites (tertiary alicyclic amines) is 2. The third kappa shape index (κ3) is 9.12. The van der Waals surface area contributed by atoms with Crippen LogP contribution in [-0.2, 0) is 35.1 Å². The zero-order valence-corrected chi connectivity index (χ0v) is 36.5. The van der Waals surface area contributed by atoms with Crippen LogP contribution in [0.3, 0.4) is 0 Å². The number of carboxylic acid groups (broad SMARTS) is 1. The van der Waals surface area contributed by atoms with Gasteiger partial charge >= 0.3 is 6.09 Å². The number of benzene rings is 1. The van der Waals surface area contributed by atoms with Gasteiger partial charge < -0.3 is 50.1 Å². The van der Waals surface area contributed by atoms with Gasteiger partial charge in [0, 0.05) is 43.9 Å². The number of piperidine rings is 2. The van der Waals surface area contributed by atoms with Crippen molar-refractivity contribution in [2.45, 2.75) is 128 Å². The van der Waals surface area contributed by atoms with Crippen molar-refractivity contribution in [3.05, 3.63) is 52.2 Å². The first-order valence-corrected chi connectivity index (χ1v) is 21.0. The van der Waals surface area contributed by atoms with Crippen LogP contribution >= 0.6 is 0 Å². The van der Waals surface area contributed by atoms with E-state index >= 15 is 0 Å². The van der Waals surface area contributed by atoms with E-state index < -0.39 is 64.5 Å². The van der Waals surface area contributed by atoms with E-state index in [1.165, 1.54) is 0 Å². The third-order valence-electron chi connectivity index (χ3n) is 13.0. The van der Waals surface area contributed by atoms with E-state index in [9.17, 15) is 49.2 Å². The van der Waals surface area contributed by atoms with Gasteiger partial charge in [0.05, 0.1) is 0 Å². The molecule has 5 rings (SSSR count). The molecule has 18 heteroatoms. The van der Waals surface area contributed by atoms with E-state index in [2.05, 4.69) is 32.6 Å². The maximum absolute atomic E-state index is 13.3. The Morgan fingerprint density at radius 1 is 0.984 bits per heavy atom. The minimum absolute atomic E-state index is 0.151. The molecule has 0 aliphatic carbocycles. The van der Waals surface area contributed by atoms with Gasteiger partial charge in [0.2, 0.25) is 29.3 Å². The summed E-state index contributed by atoms with van der Waals surface area (Å²) in [5.41, 5.74) is -6.58. The smallest absolute Gasteiger partial charge is 0.405 e. The van der Waals surface area contributed by atoms with Crippen molar-refractivity contribution in [2.75, 3.05) is 39.3 Å². The monoisotopic (exact) mass is 867 g/mol. The largest absolute Gasteiger partial charge is 0.465 e. The number of amides is 2. The average molecular weight is 868 g/mol. The summed E-state index contributed by atoms with van der Waals surface area (Å²) in [4.78, 5) is 79.4. The average Bonchev–Trinajstić information content (AvgIpc) is 3.61. The summed E-state index contributed by atoms with van der Waals surface area (Å²) in [6.45, 7) is 12.8. The normalized spacial score (nSPS) is 27.0. The van der Waals surface area contributed by atoms with Gasteiger partial charge in [-0.1, -0.05) is 44.2 Å². The number of aromatic nitrogens is 2. The van der Waals surface area contributed by atoms with Gasteiger partial charge in [0.15, 0.2) is 28.7 Å². The lowest BCUT2D eigenvalue weighted by atomic mass is 9.60. The molecule has 3 saturated heterocycles. The molecule has 3 aliphatic heterocycles. The van der Waals surface area contributed by atoms with Gasteiger partial charge in [-0.2, -0.15) is 0 Å². The lowest BCUT2D eigenvalue weighted by Gasteiger charge is -2.57. The standard InChI is InChI=1S/C44H61N5O13/c1-25(2)35-33(38(47-46-35)62-39-43(59,29(6)52)44(60,30(7)53)42(58,28(5)51)37(61-39)36(55)27(4)50)22-32-13-12-31(21-26(32)3)11-8-9-17-48-18-10-14-41(24-48)15-19-49(20-16-41)34(54)23-45-40(56)57/h8,11-13,21,25,36-37,39,45,55,58-60H,9-10,14-20,22-24H2,1-7H3,(H,46,47)(H,56,57)/b11-8+/t36?,37-,39+,42-,43+,44+/m1/s1. The Morgan fingerprint density at radius 2 is 1.65 bits per heavy atom. The van der Waals surface area contributed by atoms with E-state index in [1.807, 2.05) is 39.0 Å². The van der Waals surface area contributed by atoms with Crippen molar-refractivity contribution >= 4 is 41.2 Å². The second-order valence-electron chi connectivity index (χ2n) is 17.5. The first-order valence-electron chi connectivity index (χ1n) is 21.0. The lowest BCUT2D eigenvalue weighted by molar-refractivity contribution is -0.358. The number of ether oxygens (including phenoxy) is 2. The van der Waals surface area contributed by atoms with Crippen LogP contribution in [0.5, 0.6) is 5.88 Å². The Kier molecular flexibility index (Phi) is 14.7. The highest BCUT2D eigenvalue weighted by molar-refractivity contribution is 6.05. The molecule has 0 saturated carbocycles. The molecule has 18 nitrogen and oxygen atoms in total. The van der Waals surface area contributed by atoms with E-state index in [0.717, 1.165) is 96.1 Å². The van der Waals surface area contributed by atoms with Crippen LogP contribution in [0.2, 0.25) is 0 Å². The number of nitrogens with one attached hydrogen (secondary N) is 2. The number of hydrogen-bond acceptors (Lipinski definition) is 14. The molecular weight excluding hydrogens is 807 g/mol.